The van der Waals surface area contributed by atoms with Crippen LogP contribution in [0.25, 0.3) is 5.57 Å². The second kappa shape index (κ2) is 5.66. The SMILES string of the molecule is N#CC1=CCCc2cc(NS(=O)(=O)c3ccccc3)ccc21. The number of hydrogen-bond donors (Lipinski definition) is 1. The van der Waals surface area contributed by atoms with Gasteiger partial charge in [0.15, 0.2) is 0 Å². The topological polar surface area (TPSA) is 70.0 Å². The second-order valence-corrected chi connectivity index (χ2v) is 6.74. The van der Waals surface area contributed by atoms with Crippen LogP contribution in [0.2, 0.25) is 0 Å². The molecular weight excluding hydrogens is 296 g/mol. The third-order valence-corrected chi connectivity index (χ3v) is 4.98. The van der Waals surface area contributed by atoms with Crippen LogP contribution in [0.4, 0.5) is 5.69 Å². The van der Waals surface area contributed by atoms with Gasteiger partial charge in [-0.1, -0.05) is 30.3 Å². The van der Waals surface area contributed by atoms with Crippen molar-refractivity contribution in [1.82, 2.24) is 0 Å². The van der Waals surface area contributed by atoms with Crippen molar-refractivity contribution in [2.24, 2.45) is 0 Å². The van der Waals surface area contributed by atoms with Crippen LogP contribution in [0.3, 0.4) is 0 Å². The monoisotopic (exact) mass is 310 g/mol. The third-order valence-electron chi connectivity index (χ3n) is 3.58. The molecule has 0 aromatic heterocycles. The van der Waals surface area contributed by atoms with Crippen LogP contribution in [0.5, 0.6) is 0 Å². The summed E-state index contributed by atoms with van der Waals surface area (Å²) < 4.78 is 27.2. The quantitative estimate of drug-likeness (QED) is 0.945. The van der Waals surface area contributed by atoms with E-state index in [4.69, 9.17) is 5.26 Å². The summed E-state index contributed by atoms with van der Waals surface area (Å²) in [5, 5.41) is 9.11. The number of nitriles is 1. The van der Waals surface area contributed by atoms with Gasteiger partial charge in [-0.05, 0) is 48.2 Å². The second-order valence-electron chi connectivity index (χ2n) is 5.06. The molecule has 0 radical (unpaired) electrons. The van der Waals surface area contributed by atoms with Crippen molar-refractivity contribution in [2.75, 3.05) is 4.72 Å². The van der Waals surface area contributed by atoms with E-state index in [9.17, 15) is 8.42 Å². The van der Waals surface area contributed by atoms with Crippen LogP contribution in [-0.2, 0) is 16.4 Å². The standard InChI is InChI=1S/C17H14N2O2S/c18-12-14-6-4-5-13-11-15(9-10-17(13)14)19-22(20,21)16-7-2-1-3-8-16/h1-3,6-11,19H,4-5H2. The first-order valence-corrected chi connectivity index (χ1v) is 8.40. The number of anilines is 1. The van der Waals surface area contributed by atoms with E-state index in [1.54, 1.807) is 48.5 Å². The molecule has 0 spiro atoms. The Morgan fingerprint density at radius 1 is 1.09 bits per heavy atom. The molecule has 0 aliphatic heterocycles. The summed E-state index contributed by atoms with van der Waals surface area (Å²) in [5.74, 6) is 0. The molecule has 0 fully saturated rings. The Kier molecular flexibility index (Phi) is 3.70. The number of nitrogens with zero attached hydrogens (tertiary/aromatic N) is 1. The van der Waals surface area contributed by atoms with E-state index in [0.29, 0.717) is 11.3 Å². The van der Waals surface area contributed by atoms with Crippen LogP contribution in [-0.4, -0.2) is 8.42 Å². The zero-order valence-corrected chi connectivity index (χ0v) is 12.6. The number of hydrogen-bond acceptors (Lipinski definition) is 3. The first kappa shape index (κ1) is 14.4. The maximum atomic E-state index is 12.3. The minimum absolute atomic E-state index is 0.227. The summed E-state index contributed by atoms with van der Waals surface area (Å²) in [6.07, 6.45) is 3.52. The van der Waals surface area contributed by atoms with Crippen molar-refractivity contribution in [3.05, 3.63) is 65.7 Å². The van der Waals surface area contributed by atoms with Crippen molar-refractivity contribution >= 4 is 21.3 Å². The van der Waals surface area contributed by atoms with Crippen molar-refractivity contribution in [3.63, 3.8) is 0 Å². The van der Waals surface area contributed by atoms with Gasteiger partial charge in [-0.15, -0.1) is 0 Å². The number of benzene rings is 2. The van der Waals surface area contributed by atoms with Gasteiger partial charge < -0.3 is 0 Å². The average Bonchev–Trinajstić information content (AvgIpc) is 2.54. The molecule has 5 heteroatoms. The Morgan fingerprint density at radius 2 is 1.86 bits per heavy atom. The molecule has 1 N–H and O–H groups in total. The molecule has 1 aliphatic carbocycles. The van der Waals surface area contributed by atoms with Gasteiger partial charge in [0.05, 0.1) is 16.5 Å². The molecule has 2 aromatic rings. The van der Waals surface area contributed by atoms with Gasteiger partial charge in [-0.2, -0.15) is 5.26 Å². The lowest BCUT2D eigenvalue weighted by atomic mass is 9.91. The first-order valence-electron chi connectivity index (χ1n) is 6.91. The molecule has 0 bridgehead atoms. The summed E-state index contributed by atoms with van der Waals surface area (Å²) in [6.45, 7) is 0. The molecule has 22 heavy (non-hydrogen) atoms. The van der Waals surface area contributed by atoms with Crippen LogP contribution < -0.4 is 4.72 Å². The maximum Gasteiger partial charge on any atom is 0.261 e. The highest BCUT2D eigenvalue weighted by molar-refractivity contribution is 7.92. The summed E-state index contributed by atoms with van der Waals surface area (Å²) in [7, 11) is -3.59. The van der Waals surface area contributed by atoms with Crippen molar-refractivity contribution in [3.8, 4) is 6.07 Å². The predicted molar refractivity (Wildman–Crippen MR) is 85.6 cm³/mol. The fraction of sp³-hybridized carbons (Fsp3) is 0.118. The van der Waals surface area contributed by atoms with E-state index < -0.39 is 10.0 Å². The lowest BCUT2D eigenvalue weighted by molar-refractivity contribution is 0.601. The van der Waals surface area contributed by atoms with Crippen molar-refractivity contribution in [2.45, 2.75) is 17.7 Å². The van der Waals surface area contributed by atoms with E-state index in [2.05, 4.69) is 10.8 Å². The zero-order valence-electron chi connectivity index (χ0n) is 11.8. The highest BCUT2D eigenvalue weighted by atomic mass is 32.2. The van der Waals surface area contributed by atoms with E-state index in [-0.39, 0.29) is 4.90 Å². The highest BCUT2D eigenvalue weighted by Crippen LogP contribution is 2.29. The number of allylic oxidation sites excluding steroid dienone is 2. The van der Waals surface area contributed by atoms with Gasteiger partial charge in [-0.25, -0.2) is 8.42 Å². The fourth-order valence-corrected chi connectivity index (χ4v) is 3.60. The van der Waals surface area contributed by atoms with Gasteiger partial charge in [-0.3, -0.25) is 4.72 Å². The first-order chi connectivity index (χ1) is 10.6. The normalized spacial score (nSPS) is 13.7. The summed E-state index contributed by atoms with van der Waals surface area (Å²) >= 11 is 0. The van der Waals surface area contributed by atoms with E-state index in [0.717, 1.165) is 24.0 Å². The minimum Gasteiger partial charge on any atom is -0.280 e. The predicted octanol–water partition coefficient (Wildman–Crippen LogP) is 3.34. The number of fused-ring (bicyclic) bond motifs is 1. The van der Waals surface area contributed by atoms with E-state index in [1.807, 2.05) is 6.08 Å². The maximum absolute atomic E-state index is 12.3. The number of rotatable bonds is 3. The lowest BCUT2D eigenvalue weighted by Gasteiger charge is -2.15. The van der Waals surface area contributed by atoms with Crippen LogP contribution in [0.1, 0.15) is 17.5 Å². The molecule has 110 valence electrons. The molecule has 1 aliphatic rings. The van der Waals surface area contributed by atoms with E-state index >= 15 is 0 Å². The highest BCUT2D eigenvalue weighted by Gasteiger charge is 2.16. The molecule has 0 amide bonds. The minimum atomic E-state index is -3.59. The summed E-state index contributed by atoms with van der Waals surface area (Å²) in [6, 6.07) is 15.7. The molecule has 3 rings (SSSR count). The average molecular weight is 310 g/mol. The van der Waals surface area contributed by atoms with Crippen molar-refractivity contribution < 1.29 is 8.42 Å². The third kappa shape index (κ3) is 2.74. The Balaban J connectivity index is 1.92. The molecule has 4 nitrogen and oxygen atoms in total. The van der Waals surface area contributed by atoms with Gasteiger partial charge in [0.2, 0.25) is 0 Å². The molecule has 0 unspecified atom stereocenters. The molecule has 0 heterocycles. The Bertz CT molecular complexity index is 879. The summed E-state index contributed by atoms with van der Waals surface area (Å²) in [4.78, 5) is 0.227. The number of sulfonamides is 1. The van der Waals surface area contributed by atoms with Gasteiger partial charge in [0.25, 0.3) is 10.0 Å². The Labute approximate surface area is 129 Å². The number of nitrogens with one attached hydrogen (secondary N) is 1. The molecule has 0 saturated carbocycles. The van der Waals surface area contributed by atoms with E-state index in [1.165, 1.54) is 0 Å². The fourth-order valence-electron chi connectivity index (χ4n) is 2.53. The summed E-state index contributed by atoms with van der Waals surface area (Å²) in [5.41, 5.74) is 3.05. The van der Waals surface area contributed by atoms with Gasteiger partial charge >= 0.3 is 0 Å². The largest absolute Gasteiger partial charge is 0.280 e. The van der Waals surface area contributed by atoms with Gasteiger partial charge in [0, 0.05) is 5.69 Å². The smallest absolute Gasteiger partial charge is 0.261 e. The molecule has 0 atom stereocenters. The number of aryl methyl sites for hydroxylation is 1. The zero-order chi connectivity index (χ0) is 15.6. The Morgan fingerprint density at radius 3 is 2.59 bits per heavy atom. The lowest BCUT2D eigenvalue weighted by Crippen LogP contribution is -2.13. The molecule has 0 saturated heterocycles. The molecular formula is C17H14N2O2S. The van der Waals surface area contributed by atoms with Crippen LogP contribution in [0, 0.1) is 11.3 Å². The van der Waals surface area contributed by atoms with Crippen LogP contribution in [0.15, 0.2) is 59.5 Å². The van der Waals surface area contributed by atoms with Gasteiger partial charge in [0.1, 0.15) is 0 Å². The Hall–Kier alpha value is -2.58. The van der Waals surface area contributed by atoms with Crippen LogP contribution >= 0.6 is 0 Å². The van der Waals surface area contributed by atoms with Crippen molar-refractivity contribution in [1.29, 1.82) is 5.26 Å². The molecule has 2 aromatic carbocycles.